The normalized spacial score (nSPS) is 17.8. The number of piperidine rings is 1. The molecule has 1 aliphatic rings. The van der Waals surface area contributed by atoms with E-state index in [0.29, 0.717) is 31.2 Å². The van der Waals surface area contributed by atoms with Crippen LogP contribution in [0.4, 0.5) is 0 Å². The Kier molecular flexibility index (Phi) is 7.59. The maximum absolute atomic E-state index is 11.8. The molecule has 0 spiro atoms. The molecule has 0 aliphatic carbocycles. The number of carbonyl (C=O) groups excluding carboxylic acids is 2. The van der Waals surface area contributed by atoms with Crippen LogP contribution in [-0.4, -0.2) is 37.5 Å². The first-order chi connectivity index (χ1) is 9.49. The zero-order chi connectivity index (χ0) is 15.0. The van der Waals surface area contributed by atoms with E-state index >= 15 is 0 Å². The number of amides is 2. The van der Waals surface area contributed by atoms with Gasteiger partial charge in [0.2, 0.25) is 11.8 Å². The summed E-state index contributed by atoms with van der Waals surface area (Å²) < 4.78 is 0. The first-order valence-corrected chi connectivity index (χ1v) is 7.75. The number of hydrogen-bond acceptors (Lipinski definition) is 3. The fraction of sp³-hybridized carbons (Fsp3) is 0.867. The second-order valence-electron chi connectivity index (χ2n) is 6.09. The second kappa shape index (κ2) is 8.95. The minimum atomic E-state index is -0.00768. The minimum absolute atomic E-state index is 0.00768. The Hall–Kier alpha value is -1.10. The smallest absolute Gasteiger partial charge is 0.221 e. The molecule has 1 heterocycles. The lowest BCUT2D eigenvalue weighted by molar-refractivity contribution is -0.123. The lowest BCUT2D eigenvalue weighted by Gasteiger charge is -2.27. The van der Waals surface area contributed by atoms with Gasteiger partial charge in [-0.05, 0) is 51.6 Å². The van der Waals surface area contributed by atoms with Crippen molar-refractivity contribution in [3.63, 3.8) is 0 Å². The van der Waals surface area contributed by atoms with Gasteiger partial charge >= 0.3 is 0 Å². The van der Waals surface area contributed by atoms with Gasteiger partial charge in [0.1, 0.15) is 0 Å². The number of nitrogens with one attached hydrogen (secondary N) is 3. The van der Waals surface area contributed by atoms with Crippen LogP contribution in [0.3, 0.4) is 0 Å². The minimum Gasteiger partial charge on any atom is -0.356 e. The molecule has 1 atom stereocenters. The lowest BCUT2D eigenvalue weighted by atomic mass is 9.84. The van der Waals surface area contributed by atoms with E-state index in [0.717, 1.165) is 25.9 Å². The van der Waals surface area contributed by atoms with Crippen LogP contribution in [0.15, 0.2) is 0 Å². The summed E-state index contributed by atoms with van der Waals surface area (Å²) in [6.07, 6.45) is 3.23. The zero-order valence-electron chi connectivity index (χ0n) is 13.0. The molecule has 2 amide bonds. The average Bonchev–Trinajstić information content (AvgIpc) is 2.38. The summed E-state index contributed by atoms with van der Waals surface area (Å²) in [5.41, 5.74) is 0. The summed E-state index contributed by atoms with van der Waals surface area (Å²) in [4.78, 5) is 23.3. The summed E-state index contributed by atoms with van der Waals surface area (Å²) in [5, 5.41) is 8.99. The highest BCUT2D eigenvalue weighted by Gasteiger charge is 2.21. The summed E-state index contributed by atoms with van der Waals surface area (Å²) in [5.74, 6) is 1.12. The molecule has 5 heteroatoms. The molecule has 0 aromatic rings. The first-order valence-electron chi connectivity index (χ1n) is 7.75. The Labute approximate surface area is 122 Å². The molecular weight excluding hydrogens is 254 g/mol. The molecule has 5 nitrogen and oxygen atoms in total. The van der Waals surface area contributed by atoms with Crippen LogP contribution < -0.4 is 16.0 Å². The third-order valence-corrected chi connectivity index (χ3v) is 3.82. The molecule has 0 aromatic carbocycles. The van der Waals surface area contributed by atoms with Crippen LogP contribution in [0.5, 0.6) is 0 Å². The monoisotopic (exact) mass is 283 g/mol. The summed E-state index contributed by atoms with van der Waals surface area (Å²) in [6.45, 7) is 8.56. The van der Waals surface area contributed by atoms with Crippen LogP contribution in [0.2, 0.25) is 0 Å². The maximum atomic E-state index is 11.8. The van der Waals surface area contributed by atoms with Crippen molar-refractivity contribution in [3.8, 4) is 0 Å². The van der Waals surface area contributed by atoms with Gasteiger partial charge in [0.15, 0.2) is 0 Å². The molecule has 0 radical (unpaired) electrons. The van der Waals surface area contributed by atoms with Gasteiger partial charge in [0, 0.05) is 25.4 Å². The molecule has 1 saturated heterocycles. The van der Waals surface area contributed by atoms with E-state index in [1.54, 1.807) is 0 Å². The topological polar surface area (TPSA) is 70.2 Å². The Bertz CT molecular complexity index is 312. The summed E-state index contributed by atoms with van der Waals surface area (Å²) in [7, 11) is 0. The van der Waals surface area contributed by atoms with Crippen molar-refractivity contribution in [3.05, 3.63) is 0 Å². The highest BCUT2D eigenvalue weighted by atomic mass is 16.2. The van der Waals surface area contributed by atoms with E-state index in [9.17, 15) is 9.59 Å². The van der Waals surface area contributed by atoms with Crippen LogP contribution in [0, 0.1) is 11.8 Å². The SMILES string of the molecule is CC(C)NC(=O)CCNC(=O)CC(C)C1CCNCC1. The van der Waals surface area contributed by atoms with Gasteiger partial charge in [-0.25, -0.2) is 0 Å². The van der Waals surface area contributed by atoms with Crippen LogP contribution >= 0.6 is 0 Å². The quantitative estimate of drug-likeness (QED) is 0.654. The van der Waals surface area contributed by atoms with Gasteiger partial charge in [-0.15, -0.1) is 0 Å². The predicted octanol–water partition coefficient (Wildman–Crippen LogP) is 1.04. The van der Waals surface area contributed by atoms with Crippen LogP contribution in [0.25, 0.3) is 0 Å². The number of rotatable bonds is 7. The third kappa shape index (κ3) is 6.89. The molecule has 116 valence electrons. The maximum Gasteiger partial charge on any atom is 0.221 e. The van der Waals surface area contributed by atoms with E-state index in [4.69, 9.17) is 0 Å². The fourth-order valence-corrected chi connectivity index (χ4v) is 2.65. The van der Waals surface area contributed by atoms with Crippen LogP contribution in [-0.2, 0) is 9.59 Å². The standard InChI is InChI=1S/C15H29N3O2/c1-11(2)18-14(19)6-9-17-15(20)10-12(3)13-4-7-16-8-5-13/h11-13,16H,4-10H2,1-3H3,(H,17,20)(H,18,19). The van der Waals surface area contributed by atoms with E-state index in [2.05, 4.69) is 22.9 Å². The molecule has 0 aromatic heterocycles. The highest BCUT2D eigenvalue weighted by Crippen LogP contribution is 2.23. The predicted molar refractivity (Wildman–Crippen MR) is 80.3 cm³/mol. The van der Waals surface area contributed by atoms with Gasteiger partial charge in [0.25, 0.3) is 0 Å². The van der Waals surface area contributed by atoms with Crippen molar-refractivity contribution in [2.75, 3.05) is 19.6 Å². The van der Waals surface area contributed by atoms with E-state index < -0.39 is 0 Å². The molecule has 0 saturated carbocycles. The van der Waals surface area contributed by atoms with E-state index in [1.165, 1.54) is 0 Å². The molecule has 0 bridgehead atoms. The Morgan fingerprint density at radius 3 is 2.40 bits per heavy atom. The number of hydrogen-bond donors (Lipinski definition) is 3. The van der Waals surface area contributed by atoms with Gasteiger partial charge in [-0.1, -0.05) is 6.92 Å². The van der Waals surface area contributed by atoms with Crippen molar-refractivity contribution in [2.45, 2.75) is 52.5 Å². The Morgan fingerprint density at radius 2 is 1.80 bits per heavy atom. The molecule has 1 rings (SSSR count). The van der Waals surface area contributed by atoms with Crippen molar-refractivity contribution in [1.29, 1.82) is 0 Å². The molecule has 3 N–H and O–H groups in total. The van der Waals surface area contributed by atoms with Crippen molar-refractivity contribution < 1.29 is 9.59 Å². The fourth-order valence-electron chi connectivity index (χ4n) is 2.65. The van der Waals surface area contributed by atoms with Gasteiger partial charge in [-0.2, -0.15) is 0 Å². The lowest BCUT2D eigenvalue weighted by Crippen LogP contribution is -2.36. The molecule has 1 fully saturated rings. The number of carbonyl (C=O) groups is 2. The van der Waals surface area contributed by atoms with Crippen molar-refractivity contribution in [1.82, 2.24) is 16.0 Å². The van der Waals surface area contributed by atoms with Gasteiger partial charge < -0.3 is 16.0 Å². The van der Waals surface area contributed by atoms with Crippen molar-refractivity contribution >= 4 is 11.8 Å². The molecular formula is C15H29N3O2. The highest BCUT2D eigenvalue weighted by molar-refractivity contribution is 5.79. The molecule has 1 unspecified atom stereocenters. The van der Waals surface area contributed by atoms with Gasteiger partial charge in [-0.3, -0.25) is 9.59 Å². The molecule has 1 aliphatic heterocycles. The summed E-state index contributed by atoms with van der Waals surface area (Å²) in [6, 6.07) is 0.151. The summed E-state index contributed by atoms with van der Waals surface area (Å²) >= 11 is 0. The first kappa shape index (κ1) is 17.0. The molecule has 20 heavy (non-hydrogen) atoms. The second-order valence-corrected chi connectivity index (χ2v) is 6.09. The van der Waals surface area contributed by atoms with Gasteiger partial charge in [0.05, 0.1) is 0 Å². The van der Waals surface area contributed by atoms with Crippen molar-refractivity contribution in [2.24, 2.45) is 11.8 Å². The van der Waals surface area contributed by atoms with E-state index in [1.807, 2.05) is 13.8 Å². The largest absolute Gasteiger partial charge is 0.356 e. The Morgan fingerprint density at radius 1 is 1.15 bits per heavy atom. The zero-order valence-corrected chi connectivity index (χ0v) is 13.0. The average molecular weight is 283 g/mol. The van der Waals surface area contributed by atoms with Crippen LogP contribution in [0.1, 0.15) is 46.5 Å². The third-order valence-electron chi connectivity index (χ3n) is 3.82. The Balaban J connectivity index is 2.14. The van der Waals surface area contributed by atoms with E-state index in [-0.39, 0.29) is 17.9 Å².